The predicted octanol–water partition coefficient (Wildman–Crippen LogP) is 5.82. The Balaban J connectivity index is 1.48. The number of carbonyl (C=O) groups excluding carboxylic acids is 2. The third kappa shape index (κ3) is 5.15. The van der Waals surface area contributed by atoms with E-state index in [1.165, 1.54) is 0 Å². The van der Waals surface area contributed by atoms with Crippen molar-refractivity contribution in [2.75, 3.05) is 36.4 Å². The highest BCUT2D eigenvalue weighted by molar-refractivity contribution is 6.34. The molecule has 1 N–H and O–H groups in total. The van der Waals surface area contributed by atoms with E-state index in [1.54, 1.807) is 24.3 Å². The maximum Gasteiger partial charge on any atom is 0.255 e. The Hall–Kier alpha value is -3.02. The summed E-state index contributed by atoms with van der Waals surface area (Å²) in [5.41, 5.74) is 4.59. The Bertz CT molecular complexity index is 1190. The first-order chi connectivity index (χ1) is 15.8. The minimum absolute atomic E-state index is 0.0265. The van der Waals surface area contributed by atoms with Crippen LogP contribution in [0.2, 0.25) is 10.0 Å². The van der Waals surface area contributed by atoms with Gasteiger partial charge in [-0.25, -0.2) is 0 Å². The zero-order valence-corrected chi connectivity index (χ0v) is 20.1. The monoisotopic (exact) mass is 481 g/mol. The van der Waals surface area contributed by atoms with Gasteiger partial charge in [-0.15, -0.1) is 0 Å². The maximum atomic E-state index is 12.9. The highest BCUT2D eigenvalue weighted by Gasteiger charge is 2.25. The first-order valence-corrected chi connectivity index (χ1v) is 11.6. The number of aryl methyl sites for hydroxylation is 2. The van der Waals surface area contributed by atoms with Gasteiger partial charge in [0, 0.05) is 42.3 Å². The largest absolute Gasteiger partial charge is 0.365 e. The first-order valence-electron chi connectivity index (χ1n) is 10.8. The van der Waals surface area contributed by atoms with Crippen LogP contribution in [-0.2, 0) is 0 Å². The number of hydrogen-bond acceptors (Lipinski definition) is 3. The van der Waals surface area contributed by atoms with Crippen molar-refractivity contribution in [2.24, 2.45) is 0 Å². The third-order valence-electron chi connectivity index (χ3n) is 5.85. The Morgan fingerprint density at radius 3 is 2.15 bits per heavy atom. The molecule has 2 amide bonds. The van der Waals surface area contributed by atoms with E-state index >= 15 is 0 Å². The van der Waals surface area contributed by atoms with E-state index in [0.29, 0.717) is 53.0 Å². The molecule has 0 aliphatic carbocycles. The molecule has 1 fully saturated rings. The molecule has 0 saturated carbocycles. The predicted molar refractivity (Wildman–Crippen MR) is 135 cm³/mol. The fourth-order valence-corrected chi connectivity index (χ4v) is 4.35. The van der Waals surface area contributed by atoms with Crippen molar-refractivity contribution in [1.82, 2.24) is 4.90 Å². The molecule has 0 aromatic heterocycles. The quantitative estimate of drug-likeness (QED) is 0.510. The Kier molecular flexibility index (Phi) is 6.91. The molecule has 0 unspecified atom stereocenters. The van der Waals surface area contributed by atoms with Gasteiger partial charge in [0.05, 0.1) is 16.4 Å². The second kappa shape index (κ2) is 9.86. The van der Waals surface area contributed by atoms with E-state index in [4.69, 9.17) is 23.2 Å². The second-order valence-corrected chi connectivity index (χ2v) is 9.01. The van der Waals surface area contributed by atoms with Gasteiger partial charge in [-0.05, 0) is 55.8 Å². The van der Waals surface area contributed by atoms with E-state index in [1.807, 2.05) is 55.1 Å². The molecule has 3 aromatic rings. The van der Waals surface area contributed by atoms with Crippen LogP contribution in [0.25, 0.3) is 0 Å². The molecule has 3 aromatic carbocycles. The van der Waals surface area contributed by atoms with Crippen LogP contribution >= 0.6 is 23.2 Å². The molecule has 0 radical (unpaired) electrons. The fraction of sp³-hybridized carbons (Fsp3) is 0.231. The van der Waals surface area contributed by atoms with Crippen molar-refractivity contribution < 1.29 is 9.59 Å². The van der Waals surface area contributed by atoms with Crippen molar-refractivity contribution in [3.63, 3.8) is 0 Å². The number of halogens is 2. The lowest BCUT2D eigenvalue weighted by Gasteiger charge is -2.37. The normalized spacial score (nSPS) is 13.7. The molecule has 0 atom stereocenters. The molecule has 33 heavy (non-hydrogen) atoms. The zero-order chi connectivity index (χ0) is 23.5. The smallest absolute Gasteiger partial charge is 0.255 e. The van der Waals surface area contributed by atoms with Crippen LogP contribution in [0.3, 0.4) is 0 Å². The Morgan fingerprint density at radius 1 is 0.818 bits per heavy atom. The molecule has 7 heteroatoms. The lowest BCUT2D eigenvalue weighted by Crippen LogP contribution is -2.49. The lowest BCUT2D eigenvalue weighted by atomic mass is 10.1. The number of benzene rings is 3. The van der Waals surface area contributed by atoms with Crippen LogP contribution in [-0.4, -0.2) is 42.9 Å². The van der Waals surface area contributed by atoms with E-state index < -0.39 is 0 Å². The standard InChI is InChI=1S/C26H25Cl2N3O2/c1-17-6-9-19(10-7-17)26(33)31-14-12-30(13-15-31)24-21(27)4-3-5-23(24)29-25(32)20-11-8-18(2)22(28)16-20/h3-11,16H,12-15H2,1-2H3,(H,29,32). The highest BCUT2D eigenvalue weighted by atomic mass is 35.5. The summed E-state index contributed by atoms with van der Waals surface area (Å²) >= 11 is 12.7. The van der Waals surface area contributed by atoms with Crippen LogP contribution in [0, 0.1) is 13.8 Å². The van der Waals surface area contributed by atoms with Gasteiger partial charge in [0.1, 0.15) is 0 Å². The van der Waals surface area contributed by atoms with Crippen molar-refractivity contribution in [1.29, 1.82) is 0 Å². The van der Waals surface area contributed by atoms with Crippen molar-refractivity contribution in [3.05, 3.63) is 93.0 Å². The molecule has 5 nitrogen and oxygen atoms in total. The molecule has 170 valence electrons. The summed E-state index contributed by atoms with van der Waals surface area (Å²) in [6.07, 6.45) is 0. The summed E-state index contributed by atoms with van der Waals surface area (Å²) in [5, 5.41) is 4.07. The average molecular weight is 482 g/mol. The number of para-hydroxylation sites is 1. The van der Waals surface area contributed by atoms with Crippen molar-refractivity contribution in [3.8, 4) is 0 Å². The summed E-state index contributed by atoms with van der Waals surface area (Å²) in [6, 6.07) is 18.3. The van der Waals surface area contributed by atoms with Crippen molar-refractivity contribution >= 4 is 46.4 Å². The van der Waals surface area contributed by atoms with Gasteiger partial charge in [-0.3, -0.25) is 9.59 Å². The molecule has 0 spiro atoms. The first kappa shape index (κ1) is 23.1. The number of hydrogen-bond donors (Lipinski definition) is 1. The summed E-state index contributed by atoms with van der Waals surface area (Å²) in [4.78, 5) is 29.7. The zero-order valence-electron chi connectivity index (χ0n) is 18.6. The van der Waals surface area contributed by atoms with Crippen molar-refractivity contribution in [2.45, 2.75) is 13.8 Å². The third-order valence-corrected chi connectivity index (χ3v) is 6.56. The molecular weight excluding hydrogens is 457 g/mol. The topological polar surface area (TPSA) is 52.7 Å². The number of nitrogens with zero attached hydrogens (tertiary/aromatic N) is 2. The average Bonchev–Trinajstić information content (AvgIpc) is 2.81. The molecule has 1 aliphatic rings. The van der Waals surface area contributed by atoms with Crippen LogP contribution in [0.15, 0.2) is 60.7 Å². The van der Waals surface area contributed by atoms with Gasteiger partial charge < -0.3 is 15.1 Å². The van der Waals surface area contributed by atoms with E-state index in [2.05, 4.69) is 10.2 Å². The number of anilines is 2. The number of rotatable bonds is 4. The molecule has 0 bridgehead atoms. The minimum atomic E-state index is -0.256. The van der Waals surface area contributed by atoms with E-state index in [0.717, 1.165) is 16.8 Å². The van der Waals surface area contributed by atoms with Crippen LogP contribution < -0.4 is 10.2 Å². The Labute approximate surface area is 203 Å². The molecular formula is C26H25Cl2N3O2. The minimum Gasteiger partial charge on any atom is -0.365 e. The number of piperazine rings is 1. The van der Waals surface area contributed by atoms with Gasteiger partial charge in [-0.2, -0.15) is 0 Å². The van der Waals surface area contributed by atoms with Gasteiger partial charge in [0.2, 0.25) is 0 Å². The fourth-order valence-electron chi connectivity index (χ4n) is 3.88. The molecule has 1 heterocycles. The second-order valence-electron chi connectivity index (χ2n) is 8.20. The highest BCUT2D eigenvalue weighted by Crippen LogP contribution is 2.35. The van der Waals surface area contributed by atoms with Crippen LogP contribution in [0.1, 0.15) is 31.8 Å². The summed E-state index contributed by atoms with van der Waals surface area (Å²) in [5.74, 6) is -0.229. The Morgan fingerprint density at radius 2 is 1.48 bits per heavy atom. The maximum absolute atomic E-state index is 12.9. The number of carbonyl (C=O) groups is 2. The van der Waals surface area contributed by atoms with Gasteiger partial charge in [0.15, 0.2) is 0 Å². The number of amides is 2. The molecule has 4 rings (SSSR count). The van der Waals surface area contributed by atoms with E-state index in [-0.39, 0.29) is 11.8 Å². The SMILES string of the molecule is Cc1ccc(C(=O)N2CCN(c3c(Cl)cccc3NC(=O)c3ccc(C)c(Cl)c3)CC2)cc1. The van der Waals surface area contributed by atoms with Crippen LogP contribution in [0.4, 0.5) is 11.4 Å². The van der Waals surface area contributed by atoms with Crippen LogP contribution in [0.5, 0.6) is 0 Å². The lowest BCUT2D eigenvalue weighted by molar-refractivity contribution is 0.0746. The summed E-state index contributed by atoms with van der Waals surface area (Å²) < 4.78 is 0. The van der Waals surface area contributed by atoms with E-state index in [9.17, 15) is 9.59 Å². The van der Waals surface area contributed by atoms with Gasteiger partial charge in [-0.1, -0.05) is 53.0 Å². The number of nitrogens with one attached hydrogen (secondary N) is 1. The summed E-state index contributed by atoms with van der Waals surface area (Å²) in [6.45, 7) is 6.25. The molecule has 1 saturated heterocycles. The van der Waals surface area contributed by atoms with Gasteiger partial charge in [0.25, 0.3) is 11.8 Å². The van der Waals surface area contributed by atoms with Gasteiger partial charge >= 0.3 is 0 Å². The summed E-state index contributed by atoms with van der Waals surface area (Å²) in [7, 11) is 0. The molecule has 1 aliphatic heterocycles.